The maximum Gasteiger partial charge on any atom is 0.276 e. The third kappa shape index (κ3) is 4.32. The molecule has 0 atom stereocenters. The third-order valence-electron chi connectivity index (χ3n) is 3.37. The highest BCUT2D eigenvalue weighted by Gasteiger charge is 2.13. The van der Waals surface area contributed by atoms with Gasteiger partial charge in [0.15, 0.2) is 0 Å². The lowest BCUT2D eigenvalue weighted by Crippen LogP contribution is -2.20. The number of benzene rings is 2. The van der Waals surface area contributed by atoms with Gasteiger partial charge in [-0.2, -0.15) is 18.4 Å². The lowest BCUT2D eigenvalue weighted by Gasteiger charge is -2.08. The Kier molecular flexibility index (Phi) is 5.39. The lowest BCUT2D eigenvalue weighted by molar-refractivity contribution is 0.414. The van der Waals surface area contributed by atoms with Gasteiger partial charge in [0.25, 0.3) is 10.0 Å². The average Bonchev–Trinajstić information content (AvgIpc) is 2.56. The van der Waals surface area contributed by atoms with E-state index in [4.69, 9.17) is 4.74 Å². The summed E-state index contributed by atoms with van der Waals surface area (Å²) in [7, 11) is -2.09. The number of rotatable bonds is 6. The van der Waals surface area contributed by atoms with Crippen molar-refractivity contribution in [3.8, 4) is 5.75 Å². The zero-order valence-electron chi connectivity index (χ0n) is 13.4. The Morgan fingerprint density at radius 1 is 1.17 bits per heavy atom. The van der Waals surface area contributed by atoms with Gasteiger partial charge in [-0.3, -0.25) is 0 Å². The van der Waals surface area contributed by atoms with Gasteiger partial charge in [-0.05, 0) is 37.6 Å². The second kappa shape index (κ2) is 7.28. The van der Waals surface area contributed by atoms with E-state index in [1.165, 1.54) is 0 Å². The number of ether oxygens (including phenoxy) is 1. The second-order valence-corrected chi connectivity index (χ2v) is 6.71. The predicted molar refractivity (Wildman–Crippen MR) is 91.3 cm³/mol. The quantitative estimate of drug-likeness (QED) is 0.653. The van der Waals surface area contributed by atoms with Crippen LogP contribution in [0.25, 0.3) is 0 Å². The fraction of sp³-hybridized carbons (Fsp3) is 0.235. The largest absolute Gasteiger partial charge is 0.497 e. The van der Waals surface area contributed by atoms with Crippen molar-refractivity contribution < 1.29 is 13.2 Å². The molecule has 0 unspecified atom stereocenters. The van der Waals surface area contributed by atoms with Crippen LogP contribution in [-0.2, 0) is 10.0 Å². The number of hydrogen-bond acceptors (Lipinski definition) is 4. The molecule has 5 nitrogen and oxygen atoms in total. The van der Waals surface area contributed by atoms with Crippen LogP contribution in [0.2, 0.25) is 0 Å². The average molecular weight is 332 g/mol. The highest BCUT2D eigenvalue weighted by atomic mass is 32.2. The Morgan fingerprint density at radius 3 is 2.48 bits per heavy atom. The molecule has 122 valence electrons. The van der Waals surface area contributed by atoms with Crippen LogP contribution >= 0.6 is 0 Å². The SMILES string of the molecule is CCC(=NNS(=O)(=O)c1ccc(C)cc1)c1cccc(OC)c1. The fourth-order valence-corrected chi connectivity index (χ4v) is 2.87. The van der Waals surface area contributed by atoms with Gasteiger partial charge in [0.05, 0.1) is 17.7 Å². The van der Waals surface area contributed by atoms with Crippen LogP contribution in [0.5, 0.6) is 5.75 Å². The Hall–Kier alpha value is -2.34. The zero-order chi connectivity index (χ0) is 16.9. The van der Waals surface area contributed by atoms with E-state index in [2.05, 4.69) is 9.93 Å². The topological polar surface area (TPSA) is 67.8 Å². The molecule has 0 heterocycles. The van der Waals surface area contributed by atoms with Gasteiger partial charge >= 0.3 is 0 Å². The molecule has 0 aliphatic rings. The van der Waals surface area contributed by atoms with E-state index in [9.17, 15) is 8.42 Å². The molecule has 6 heteroatoms. The molecule has 0 amide bonds. The van der Waals surface area contributed by atoms with Gasteiger partial charge < -0.3 is 4.74 Å². The predicted octanol–water partition coefficient (Wildman–Crippen LogP) is 3.10. The first kappa shape index (κ1) is 17.0. The number of hydrogen-bond donors (Lipinski definition) is 1. The maximum absolute atomic E-state index is 12.3. The summed E-state index contributed by atoms with van der Waals surface area (Å²) in [6.45, 7) is 3.82. The van der Waals surface area contributed by atoms with Crippen molar-refractivity contribution in [2.75, 3.05) is 7.11 Å². The van der Waals surface area contributed by atoms with Crippen molar-refractivity contribution in [2.45, 2.75) is 25.2 Å². The van der Waals surface area contributed by atoms with E-state index in [1.54, 1.807) is 31.4 Å². The van der Waals surface area contributed by atoms with E-state index < -0.39 is 10.0 Å². The Balaban J connectivity index is 2.26. The molecule has 0 fully saturated rings. The number of hydrazone groups is 1. The summed E-state index contributed by atoms with van der Waals surface area (Å²) in [6.07, 6.45) is 0.587. The first-order valence-corrected chi connectivity index (χ1v) is 8.74. The molecule has 0 aliphatic heterocycles. The molecule has 2 aromatic rings. The van der Waals surface area contributed by atoms with Crippen molar-refractivity contribution in [1.82, 2.24) is 4.83 Å². The smallest absolute Gasteiger partial charge is 0.276 e. The summed E-state index contributed by atoms with van der Waals surface area (Å²) >= 11 is 0. The van der Waals surface area contributed by atoms with Crippen LogP contribution in [-0.4, -0.2) is 21.2 Å². The molecule has 0 spiro atoms. The van der Waals surface area contributed by atoms with Crippen LogP contribution in [0.3, 0.4) is 0 Å². The van der Waals surface area contributed by atoms with Crippen molar-refractivity contribution in [3.63, 3.8) is 0 Å². The van der Waals surface area contributed by atoms with Crippen molar-refractivity contribution >= 4 is 15.7 Å². The molecular formula is C17H20N2O3S. The maximum atomic E-state index is 12.3. The normalized spacial score (nSPS) is 12.0. The first-order valence-electron chi connectivity index (χ1n) is 7.25. The van der Waals surface area contributed by atoms with Crippen molar-refractivity contribution in [1.29, 1.82) is 0 Å². The summed E-state index contributed by atoms with van der Waals surface area (Å²) in [5, 5.41) is 4.08. The fourth-order valence-electron chi connectivity index (χ4n) is 2.04. The number of aryl methyl sites for hydroxylation is 1. The van der Waals surface area contributed by atoms with Crippen molar-refractivity contribution in [3.05, 3.63) is 59.7 Å². The van der Waals surface area contributed by atoms with E-state index in [-0.39, 0.29) is 4.90 Å². The summed E-state index contributed by atoms with van der Waals surface area (Å²) in [5.41, 5.74) is 2.45. The number of nitrogens with zero attached hydrogens (tertiary/aromatic N) is 1. The van der Waals surface area contributed by atoms with Crippen LogP contribution in [0.1, 0.15) is 24.5 Å². The number of sulfonamides is 1. The molecule has 0 bridgehead atoms. The summed E-state index contributed by atoms with van der Waals surface area (Å²) in [4.78, 5) is 2.49. The lowest BCUT2D eigenvalue weighted by atomic mass is 10.1. The molecular weight excluding hydrogens is 312 g/mol. The summed E-state index contributed by atoms with van der Waals surface area (Å²) in [5.74, 6) is 0.699. The Morgan fingerprint density at radius 2 is 1.87 bits per heavy atom. The first-order chi connectivity index (χ1) is 11.0. The van der Waals surface area contributed by atoms with Gasteiger partial charge in [0.1, 0.15) is 5.75 Å². The van der Waals surface area contributed by atoms with E-state index in [0.29, 0.717) is 17.9 Å². The molecule has 1 N–H and O–H groups in total. The van der Waals surface area contributed by atoms with Gasteiger partial charge in [0.2, 0.25) is 0 Å². The molecule has 0 radical (unpaired) electrons. The van der Waals surface area contributed by atoms with Gasteiger partial charge in [-0.1, -0.05) is 36.8 Å². The summed E-state index contributed by atoms with van der Waals surface area (Å²) in [6, 6.07) is 14.0. The molecule has 0 saturated carbocycles. The van der Waals surface area contributed by atoms with Crippen LogP contribution in [0.4, 0.5) is 0 Å². The van der Waals surface area contributed by atoms with Gasteiger partial charge in [-0.15, -0.1) is 0 Å². The van der Waals surface area contributed by atoms with Crippen LogP contribution in [0.15, 0.2) is 58.5 Å². The third-order valence-corrected chi connectivity index (χ3v) is 4.59. The summed E-state index contributed by atoms with van der Waals surface area (Å²) < 4.78 is 29.7. The molecule has 0 aromatic heterocycles. The number of nitrogens with one attached hydrogen (secondary N) is 1. The van der Waals surface area contributed by atoms with E-state index in [0.717, 1.165) is 11.1 Å². The molecule has 2 aromatic carbocycles. The Labute approximate surface area is 137 Å². The monoisotopic (exact) mass is 332 g/mol. The minimum absolute atomic E-state index is 0.188. The second-order valence-electron chi connectivity index (χ2n) is 5.05. The standard InChI is InChI=1S/C17H20N2O3S/c1-4-17(14-6-5-7-15(12-14)22-3)18-19-23(20,21)16-10-8-13(2)9-11-16/h5-12,19H,4H2,1-3H3. The molecule has 23 heavy (non-hydrogen) atoms. The zero-order valence-corrected chi connectivity index (χ0v) is 14.2. The van der Waals surface area contributed by atoms with E-state index in [1.807, 2.05) is 38.1 Å². The molecule has 0 aliphatic carbocycles. The van der Waals surface area contributed by atoms with Crippen molar-refractivity contribution in [2.24, 2.45) is 5.10 Å². The van der Waals surface area contributed by atoms with Gasteiger partial charge in [0, 0.05) is 5.56 Å². The molecule has 0 saturated heterocycles. The van der Waals surface area contributed by atoms with E-state index >= 15 is 0 Å². The van der Waals surface area contributed by atoms with Gasteiger partial charge in [-0.25, -0.2) is 0 Å². The van der Waals surface area contributed by atoms with Crippen LogP contribution < -0.4 is 9.57 Å². The minimum Gasteiger partial charge on any atom is -0.497 e. The highest BCUT2D eigenvalue weighted by molar-refractivity contribution is 7.89. The number of methoxy groups -OCH3 is 1. The highest BCUT2D eigenvalue weighted by Crippen LogP contribution is 2.15. The Bertz CT molecular complexity index is 797. The van der Waals surface area contributed by atoms with Crippen LogP contribution in [0, 0.1) is 6.92 Å². The molecule has 2 rings (SSSR count). The minimum atomic E-state index is -3.67.